The van der Waals surface area contributed by atoms with E-state index in [1.807, 2.05) is 23.5 Å². The van der Waals surface area contributed by atoms with E-state index in [-0.39, 0.29) is 5.75 Å². The first-order chi connectivity index (χ1) is 12.1. The molecule has 0 radical (unpaired) electrons. The largest absolute Gasteiger partial charge is 0.502 e. The summed E-state index contributed by atoms with van der Waals surface area (Å²) in [5, 5.41) is 10.1. The number of likely N-dealkylation sites (tertiary alicyclic amines) is 1. The highest BCUT2D eigenvalue weighted by Gasteiger charge is 2.24. The molecule has 0 amide bonds. The van der Waals surface area contributed by atoms with Crippen molar-refractivity contribution in [2.45, 2.75) is 45.2 Å². The van der Waals surface area contributed by atoms with E-state index in [0.717, 1.165) is 18.7 Å². The number of ether oxygens (including phenoxy) is 2. The van der Waals surface area contributed by atoms with Crippen LogP contribution in [0, 0.1) is 6.92 Å². The highest BCUT2D eigenvalue weighted by molar-refractivity contribution is 7.12. The molecule has 0 bridgehead atoms. The molecule has 1 fully saturated rings. The van der Waals surface area contributed by atoms with E-state index in [0.29, 0.717) is 17.5 Å². The zero-order chi connectivity index (χ0) is 17.8. The lowest BCUT2D eigenvalue weighted by molar-refractivity contribution is 0.194. The van der Waals surface area contributed by atoms with Crippen LogP contribution in [0.3, 0.4) is 0 Å². The SMILES string of the molecule is COc1cc(CN2CCCCC[C@H]2c2ccc(C)s2)cc(OC)c1O. The Kier molecular flexibility index (Phi) is 5.86. The summed E-state index contributed by atoms with van der Waals surface area (Å²) in [6, 6.07) is 8.79. The molecular weight excluding hydrogens is 334 g/mol. The molecule has 5 heteroatoms. The van der Waals surface area contributed by atoms with E-state index in [4.69, 9.17) is 9.47 Å². The monoisotopic (exact) mass is 361 g/mol. The molecule has 136 valence electrons. The van der Waals surface area contributed by atoms with Gasteiger partial charge in [-0.2, -0.15) is 0 Å². The molecule has 1 aliphatic rings. The van der Waals surface area contributed by atoms with E-state index in [1.54, 1.807) is 14.2 Å². The second kappa shape index (κ2) is 8.11. The quantitative estimate of drug-likeness (QED) is 0.823. The number of benzene rings is 1. The zero-order valence-electron chi connectivity index (χ0n) is 15.2. The van der Waals surface area contributed by atoms with Gasteiger partial charge in [-0.05, 0) is 56.1 Å². The lowest BCUT2D eigenvalue weighted by atomic mass is 10.1. The van der Waals surface area contributed by atoms with Gasteiger partial charge in [0.05, 0.1) is 14.2 Å². The topological polar surface area (TPSA) is 41.9 Å². The third-order valence-electron chi connectivity index (χ3n) is 4.88. The van der Waals surface area contributed by atoms with Crippen molar-refractivity contribution in [3.63, 3.8) is 0 Å². The maximum atomic E-state index is 10.1. The van der Waals surface area contributed by atoms with E-state index in [1.165, 1.54) is 35.4 Å². The Hall–Kier alpha value is -1.72. The number of rotatable bonds is 5. The number of thiophene rings is 1. The number of hydrogen-bond donors (Lipinski definition) is 1. The molecule has 1 aromatic carbocycles. The fourth-order valence-corrected chi connectivity index (χ4v) is 4.63. The summed E-state index contributed by atoms with van der Waals surface area (Å²) in [5.41, 5.74) is 1.10. The van der Waals surface area contributed by atoms with E-state index in [9.17, 15) is 5.11 Å². The van der Waals surface area contributed by atoms with Gasteiger partial charge in [0, 0.05) is 22.3 Å². The van der Waals surface area contributed by atoms with Crippen LogP contribution in [0.15, 0.2) is 24.3 Å². The van der Waals surface area contributed by atoms with Crippen molar-refractivity contribution in [3.05, 3.63) is 39.6 Å². The summed E-state index contributed by atoms with van der Waals surface area (Å²) in [6.45, 7) is 4.09. The molecular formula is C20H27NO3S. The van der Waals surface area contributed by atoms with Gasteiger partial charge in [-0.25, -0.2) is 0 Å². The standard InChI is InChI=1S/C20H27NO3S/c1-14-8-9-19(25-14)16-7-5-4-6-10-21(16)13-15-11-17(23-2)20(22)18(12-15)24-3/h8-9,11-12,16,22H,4-7,10,13H2,1-3H3/t16-/m0/s1. The van der Waals surface area contributed by atoms with Crippen LogP contribution in [0.2, 0.25) is 0 Å². The Bertz CT molecular complexity index is 688. The lowest BCUT2D eigenvalue weighted by Crippen LogP contribution is -2.27. The van der Waals surface area contributed by atoms with Crippen LogP contribution in [-0.4, -0.2) is 30.8 Å². The first kappa shape index (κ1) is 18.1. The smallest absolute Gasteiger partial charge is 0.200 e. The van der Waals surface area contributed by atoms with Crippen LogP contribution in [0.25, 0.3) is 0 Å². The van der Waals surface area contributed by atoms with Crippen molar-refractivity contribution in [1.82, 2.24) is 4.90 Å². The molecule has 1 saturated heterocycles. The molecule has 1 aromatic heterocycles. The Balaban J connectivity index is 1.88. The average Bonchev–Trinajstić information content (AvgIpc) is 2.91. The van der Waals surface area contributed by atoms with E-state index >= 15 is 0 Å². The summed E-state index contributed by atoms with van der Waals surface area (Å²) in [6.07, 6.45) is 5.00. The first-order valence-electron chi connectivity index (χ1n) is 8.86. The normalized spacial score (nSPS) is 18.8. The van der Waals surface area contributed by atoms with Crippen molar-refractivity contribution in [2.75, 3.05) is 20.8 Å². The van der Waals surface area contributed by atoms with Crippen molar-refractivity contribution in [1.29, 1.82) is 0 Å². The van der Waals surface area contributed by atoms with E-state index in [2.05, 4.69) is 24.0 Å². The Morgan fingerprint density at radius 2 is 1.84 bits per heavy atom. The maximum Gasteiger partial charge on any atom is 0.200 e. The lowest BCUT2D eigenvalue weighted by Gasteiger charge is -2.29. The Labute approximate surface area is 154 Å². The van der Waals surface area contributed by atoms with Gasteiger partial charge < -0.3 is 14.6 Å². The molecule has 1 aliphatic heterocycles. The van der Waals surface area contributed by atoms with Gasteiger partial charge in [0.1, 0.15) is 0 Å². The zero-order valence-corrected chi connectivity index (χ0v) is 16.1. The number of methoxy groups -OCH3 is 2. The van der Waals surface area contributed by atoms with Crippen LogP contribution in [0.1, 0.15) is 47.0 Å². The number of phenolic OH excluding ortho intramolecular Hbond substituents is 1. The molecule has 4 nitrogen and oxygen atoms in total. The third kappa shape index (κ3) is 4.10. The summed E-state index contributed by atoms with van der Waals surface area (Å²) in [4.78, 5) is 5.38. The Morgan fingerprint density at radius 3 is 2.44 bits per heavy atom. The fourth-order valence-electron chi connectivity index (χ4n) is 3.59. The molecule has 0 spiro atoms. The number of aromatic hydroxyl groups is 1. The van der Waals surface area contributed by atoms with Gasteiger partial charge in [-0.3, -0.25) is 4.90 Å². The van der Waals surface area contributed by atoms with Gasteiger partial charge >= 0.3 is 0 Å². The minimum absolute atomic E-state index is 0.0649. The second-order valence-corrected chi connectivity index (χ2v) is 7.95. The van der Waals surface area contributed by atoms with Crippen molar-refractivity contribution in [3.8, 4) is 17.2 Å². The van der Waals surface area contributed by atoms with Gasteiger partial charge in [0.25, 0.3) is 0 Å². The van der Waals surface area contributed by atoms with Gasteiger partial charge in [0.15, 0.2) is 11.5 Å². The first-order valence-corrected chi connectivity index (χ1v) is 9.68. The second-order valence-electron chi connectivity index (χ2n) is 6.63. The van der Waals surface area contributed by atoms with Crippen molar-refractivity contribution >= 4 is 11.3 Å². The number of nitrogens with zero attached hydrogens (tertiary/aromatic N) is 1. The Morgan fingerprint density at radius 1 is 1.12 bits per heavy atom. The molecule has 2 heterocycles. The third-order valence-corrected chi connectivity index (χ3v) is 5.98. The average molecular weight is 362 g/mol. The molecule has 1 atom stereocenters. The minimum Gasteiger partial charge on any atom is -0.502 e. The summed E-state index contributed by atoms with van der Waals surface area (Å²) < 4.78 is 10.6. The maximum absolute atomic E-state index is 10.1. The van der Waals surface area contributed by atoms with Crippen molar-refractivity contribution < 1.29 is 14.6 Å². The number of aryl methyl sites for hydroxylation is 1. The van der Waals surface area contributed by atoms with Crippen LogP contribution in [-0.2, 0) is 6.54 Å². The minimum atomic E-state index is 0.0649. The predicted octanol–water partition coefficient (Wildman–Crippen LogP) is 4.90. The van der Waals surface area contributed by atoms with Crippen LogP contribution in [0.5, 0.6) is 17.2 Å². The van der Waals surface area contributed by atoms with Gasteiger partial charge in [-0.1, -0.05) is 12.8 Å². The highest BCUT2D eigenvalue weighted by atomic mass is 32.1. The highest BCUT2D eigenvalue weighted by Crippen LogP contribution is 2.39. The molecule has 1 N–H and O–H groups in total. The van der Waals surface area contributed by atoms with Crippen LogP contribution < -0.4 is 9.47 Å². The predicted molar refractivity (Wildman–Crippen MR) is 102 cm³/mol. The van der Waals surface area contributed by atoms with Gasteiger partial charge in [-0.15, -0.1) is 11.3 Å². The van der Waals surface area contributed by atoms with Crippen LogP contribution in [0.4, 0.5) is 0 Å². The number of hydrogen-bond acceptors (Lipinski definition) is 5. The van der Waals surface area contributed by atoms with E-state index < -0.39 is 0 Å². The molecule has 2 aromatic rings. The molecule has 0 aliphatic carbocycles. The molecule has 3 rings (SSSR count). The summed E-state index contributed by atoms with van der Waals surface area (Å²) in [7, 11) is 3.14. The molecule has 0 saturated carbocycles. The summed E-state index contributed by atoms with van der Waals surface area (Å²) >= 11 is 1.90. The molecule has 0 unspecified atom stereocenters. The van der Waals surface area contributed by atoms with Crippen molar-refractivity contribution in [2.24, 2.45) is 0 Å². The van der Waals surface area contributed by atoms with Gasteiger partial charge in [0.2, 0.25) is 5.75 Å². The fraction of sp³-hybridized carbons (Fsp3) is 0.500. The van der Waals surface area contributed by atoms with Crippen LogP contribution >= 0.6 is 11.3 Å². The number of phenols is 1. The summed E-state index contributed by atoms with van der Waals surface area (Å²) in [5.74, 6) is 0.996. The molecule has 25 heavy (non-hydrogen) atoms.